The Balaban J connectivity index is 3.47. The number of ether oxygens (including phenoxy) is 1. The lowest BCUT2D eigenvalue weighted by atomic mass is 9.85. The molecule has 0 atom stereocenters. The van der Waals surface area contributed by atoms with Crippen LogP contribution in [-0.4, -0.2) is 12.0 Å². The number of hydrogen-bond acceptors (Lipinski definition) is 3. The summed E-state index contributed by atoms with van der Waals surface area (Å²) in [5.74, 6) is 0.704. The minimum absolute atomic E-state index is 0.144. The smallest absolute Gasteiger partial charge is 0.272 e. The monoisotopic (exact) mass is 223 g/mol. The number of aryl methyl sites for hydroxylation is 1. The second kappa shape index (κ2) is 4.12. The first-order valence-electron chi connectivity index (χ1n) is 5.11. The highest BCUT2D eigenvalue weighted by molar-refractivity contribution is 5.52. The number of methoxy groups -OCH3 is 1. The van der Waals surface area contributed by atoms with E-state index in [1.54, 1.807) is 26.2 Å². The molecule has 0 aromatic heterocycles. The van der Waals surface area contributed by atoms with Gasteiger partial charge in [-0.05, 0) is 18.4 Å². The molecule has 16 heavy (non-hydrogen) atoms. The lowest BCUT2D eigenvalue weighted by Gasteiger charge is -2.22. The zero-order valence-corrected chi connectivity index (χ0v) is 10.3. The van der Waals surface area contributed by atoms with Gasteiger partial charge in [0.1, 0.15) is 5.75 Å². The average molecular weight is 223 g/mol. The fourth-order valence-electron chi connectivity index (χ4n) is 1.62. The van der Waals surface area contributed by atoms with Crippen molar-refractivity contribution in [3.8, 4) is 5.75 Å². The van der Waals surface area contributed by atoms with E-state index in [0.717, 1.165) is 5.56 Å². The summed E-state index contributed by atoms with van der Waals surface area (Å²) in [5, 5.41) is 10.9. The van der Waals surface area contributed by atoms with Crippen LogP contribution >= 0.6 is 0 Å². The fourth-order valence-corrected chi connectivity index (χ4v) is 1.62. The van der Waals surface area contributed by atoms with Crippen molar-refractivity contribution in [2.24, 2.45) is 0 Å². The number of benzene rings is 1. The van der Waals surface area contributed by atoms with E-state index in [-0.39, 0.29) is 16.0 Å². The van der Waals surface area contributed by atoms with Crippen molar-refractivity contribution in [1.29, 1.82) is 0 Å². The lowest BCUT2D eigenvalue weighted by Crippen LogP contribution is -2.13. The van der Waals surface area contributed by atoms with E-state index in [0.29, 0.717) is 11.3 Å². The molecule has 88 valence electrons. The maximum atomic E-state index is 10.9. The Morgan fingerprint density at radius 3 is 2.25 bits per heavy atom. The van der Waals surface area contributed by atoms with Crippen LogP contribution in [0.4, 0.5) is 5.69 Å². The molecule has 1 rings (SSSR count). The van der Waals surface area contributed by atoms with Crippen LogP contribution in [0.15, 0.2) is 12.1 Å². The molecule has 0 aliphatic carbocycles. The van der Waals surface area contributed by atoms with Gasteiger partial charge in [-0.3, -0.25) is 10.1 Å². The first-order chi connectivity index (χ1) is 7.27. The minimum Gasteiger partial charge on any atom is -0.496 e. The van der Waals surface area contributed by atoms with Crippen molar-refractivity contribution in [3.05, 3.63) is 33.4 Å². The highest BCUT2D eigenvalue weighted by atomic mass is 16.6. The standard InChI is InChI=1S/C12H17NO3/c1-8-6-11(16-5)9(12(2,3)4)7-10(8)13(14)15/h6-7H,1-5H3. The third-order valence-electron chi connectivity index (χ3n) is 2.52. The quantitative estimate of drug-likeness (QED) is 0.571. The topological polar surface area (TPSA) is 52.4 Å². The van der Waals surface area contributed by atoms with Crippen LogP contribution in [0.3, 0.4) is 0 Å². The van der Waals surface area contributed by atoms with E-state index >= 15 is 0 Å². The third-order valence-corrected chi connectivity index (χ3v) is 2.52. The minimum atomic E-state index is -0.357. The molecule has 4 nitrogen and oxygen atoms in total. The Labute approximate surface area is 95.4 Å². The van der Waals surface area contributed by atoms with E-state index in [9.17, 15) is 10.1 Å². The summed E-state index contributed by atoms with van der Waals surface area (Å²) in [7, 11) is 1.58. The number of nitro benzene ring substituents is 1. The number of nitro groups is 1. The summed E-state index contributed by atoms with van der Waals surface area (Å²) in [5.41, 5.74) is 1.44. The van der Waals surface area contributed by atoms with Crippen LogP contribution in [0, 0.1) is 17.0 Å². The number of hydrogen-bond donors (Lipinski definition) is 0. The predicted octanol–water partition coefficient (Wildman–Crippen LogP) is 3.21. The summed E-state index contributed by atoms with van der Waals surface area (Å²) in [6.07, 6.45) is 0. The van der Waals surface area contributed by atoms with Gasteiger partial charge in [0.15, 0.2) is 0 Å². The molecule has 1 aromatic rings. The van der Waals surface area contributed by atoms with Crippen molar-refractivity contribution < 1.29 is 9.66 Å². The van der Waals surface area contributed by atoms with Crippen molar-refractivity contribution in [1.82, 2.24) is 0 Å². The molecule has 4 heteroatoms. The zero-order chi connectivity index (χ0) is 12.5. The van der Waals surface area contributed by atoms with Gasteiger partial charge in [0.25, 0.3) is 5.69 Å². The van der Waals surface area contributed by atoms with Crippen LogP contribution in [-0.2, 0) is 5.41 Å². The van der Waals surface area contributed by atoms with Crippen molar-refractivity contribution in [2.45, 2.75) is 33.1 Å². The van der Waals surface area contributed by atoms with Crippen LogP contribution in [0.5, 0.6) is 5.75 Å². The van der Waals surface area contributed by atoms with Crippen LogP contribution < -0.4 is 4.74 Å². The van der Waals surface area contributed by atoms with Crippen LogP contribution in [0.2, 0.25) is 0 Å². The molecule has 0 fully saturated rings. The number of rotatable bonds is 2. The van der Waals surface area contributed by atoms with E-state index in [2.05, 4.69) is 0 Å². The number of nitrogens with zero attached hydrogens (tertiary/aromatic N) is 1. The molecule has 0 saturated heterocycles. The van der Waals surface area contributed by atoms with Gasteiger partial charge in [0.05, 0.1) is 12.0 Å². The van der Waals surface area contributed by atoms with Gasteiger partial charge in [-0.1, -0.05) is 20.8 Å². The largest absolute Gasteiger partial charge is 0.496 e. The molecule has 0 aliphatic heterocycles. The second-order valence-electron chi connectivity index (χ2n) is 4.85. The Bertz CT molecular complexity index is 419. The van der Waals surface area contributed by atoms with Gasteiger partial charge >= 0.3 is 0 Å². The SMILES string of the molecule is COc1cc(C)c([N+](=O)[O-])cc1C(C)(C)C. The summed E-state index contributed by atoms with van der Waals surface area (Å²) in [6, 6.07) is 3.33. The highest BCUT2D eigenvalue weighted by Gasteiger charge is 2.23. The molecule has 0 N–H and O–H groups in total. The van der Waals surface area contributed by atoms with Gasteiger partial charge in [0.2, 0.25) is 0 Å². The summed E-state index contributed by atoms with van der Waals surface area (Å²) in [4.78, 5) is 10.5. The molecule has 0 bridgehead atoms. The first kappa shape index (κ1) is 12.5. The van der Waals surface area contributed by atoms with E-state index in [1.807, 2.05) is 20.8 Å². The normalized spacial score (nSPS) is 11.3. The summed E-state index contributed by atoms with van der Waals surface area (Å²) < 4.78 is 5.26. The fraction of sp³-hybridized carbons (Fsp3) is 0.500. The molecule has 0 saturated carbocycles. The van der Waals surface area contributed by atoms with Crippen LogP contribution in [0.25, 0.3) is 0 Å². The Morgan fingerprint density at radius 1 is 1.31 bits per heavy atom. The van der Waals surface area contributed by atoms with Gasteiger partial charge < -0.3 is 4.74 Å². The maximum absolute atomic E-state index is 10.9. The molecular weight excluding hydrogens is 206 g/mol. The van der Waals surface area contributed by atoms with Crippen LogP contribution in [0.1, 0.15) is 31.9 Å². The molecule has 0 unspecified atom stereocenters. The molecule has 0 spiro atoms. The Kier molecular flexibility index (Phi) is 3.21. The molecule has 0 aliphatic rings. The lowest BCUT2D eigenvalue weighted by molar-refractivity contribution is -0.385. The van der Waals surface area contributed by atoms with E-state index < -0.39 is 0 Å². The summed E-state index contributed by atoms with van der Waals surface area (Å²) in [6.45, 7) is 7.73. The van der Waals surface area contributed by atoms with Gasteiger partial charge in [-0.2, -0.15) is 0 Å². The van der Waals surface area contributed by atoms with Crippen molar-refractivity contribution in [2.75, 3.05) is 7.11 Å². The summed E-state index contributed by atoms with van der Waals surface area (Å²) >= 11 is 0. The zero-order valence-electron chi connectivity index (χ0n) is 10.3. The van der Waals surface area contributed by atoms with Crippen molar-refractivity contribution in [3.63, 3.8) is 0 Å². The molecular formula is C12H17NO3. The Hall–Kier alpha value is -1.58. The Morgan fingerprint density at radius 2 is 1.88 bits per heavy atom. The molecule has 0 heterocycles. The average Bonchev–Trinajstić information content (AvgIpc) is 2.14. The molecule has 0 radical (unpaired) electrons. The predicted molar refractivity (Wildman–Crippen MR) is 63.1 cm³/mol. The highest BCUT2D eigenvalue weighted by Crippen LogP contribution is 2.36. The van der Waals surface area contributed by atoms with E-state index in [1.165, 1.54) is 0 Å². The van der Waals surface area contributed by atoms with Gasteiger partial charge in [-0.15, -0.1) is 0 Å². The molecule has 1 aromatic carbocycles. The molecule has 0 amide bonds. The maximum Gasteiger partial charge on any atom is 0.272 e. The van der Waals surface area contributed by atoms with Gasteiger partial charge in [0, 0.05) is 17.2 Å². The van der Waals surface area contributed by atoms with Crippen molar-refractivity contribution >= 4 is 5.69 Å². The van der Waals surface area contributed by atoms with E-state index in [4.69, 9.17) is 4.74 Å². The second-order valence-corrected chi connectivity index (χ2v) is 4.85. The van der Waals surface area contributed by atoms with Gasteiger partial charge in [-0.25, -0.2) is 0 Å². The first-order valence-corrected chi connectivity index (χ1v) is 5.11. The third kappa shape index (κ3) is 2.32.